The van der Waals surface area contributed by atoms with Crippen LogP contribution in [0.25, 0.3) is 10.9 Å². The second kappa shape index (κ2) is 10.0. The molecule has 4 rings (SSSR count). The minimum atomic E-state index is -0.158. The standard InChI is InChI=1S/C23H27ClN6O.CH4/c1-30(2)21-18-5-3-4-6-20(18)28-23(29-21)27-16-10-8-15(9-11-16)26-22(31)17-12-7-14(25)13-19(17)24;/h3-7,12-13,15-16H,8-11,25H2,1-2H3,(H,26,31)(H,27,28,29);1H4. The Balaban J connectivity index is 0.00000289. The highest BCUT2D eigenvalue weighted by molar-refractivity contribution is 6.34. The van der Waals surface area contributed by atoms with Crippen molar-refractivity contribution in [2.24, 2.45) is 0 Å². The van der Waals surface area contributed by atoms with Crippen LogP contribution in [0.5, 0.6) is 0 Å². The molecular weight excluding hydrogens is 424 g/mol. The number of hydrogen-bond acceptors (Lipinski definition) is 6. The third kappa shape index (κ3) is 5.22. The number of rotatable bonds is 5. The van der Waals surface area contributed by atoms with E-state index in [9.17, 15) is 4.79 Å². The lowest BCUT2D eigenvalue weighted by atomic mass is 9.91. The first-order valence-electron chi connectivity index (χ1n) is 10.5. The summed E-state index contributed by atoms with van der Waals surface area (Å²) in [5.74, 6) is 1.38. The number of carbonyl (C=O) groups is 1. The van der Waals surface area contributed by atoms with E-state index in [0.717, 1.165) is 42.4 Å². The molecule has 2 aromatic carbocycles. The Labute approximate surface area is 194 Å². The number of halogens is 1. The highest BCUT2D eigenvalue weighted by atomic mass is 35.5. The van der Waals surface area contributed by atoms with E-state index in [1.54, 1.807) is 18.2 Å². The maximum absolute atomic E-state index is 12.6. The summed E-state index contributed by atoms with van der Waals surface area (Å²) in [6, 6.07) is 13.4. The normalized spacial score (nSPS) is 18.0. The van der Waals surface area contributed by atoms with E-state index in [1.165, 1.54) is 0 Å². The molecule has 32 heavy (non-hydrogen) atoms. The van der Waals surface area contributed by atoms with Crippen LogP contribution < -0.4 is 21.3 Å². The Morgan fingerprint density at radius 2 is 1.75 bits per heavy atom. The van der Waals surface area contributed by atoms with Gasteiger partial charge < -0.3 is 21.3 Å². The smallest absolute Gasteiger partial charge is 0.253 e. The Bertz CT molecular complexity index is 1100. The predicted molar refractivity (Wildman–Crippen MR) is 134 cm³/mol. The Kier molecular flexibility index (Phi) is 7.40. The monoisotopic (exact) mass is 454 g/mol. The van der Waals surface area contributed by atoms with Crippen LogP contribution in [-0.4, -0.2) is 42.1 Å². The molecule has 0 aliphatic heterocycles. The number of anilines is 3. The minimum Gasteiger partial charge on any atom is -0.399 e. The van der Waals surface area contributed by atoms with Gasteiger partial charge in [-0.2, -0.15) is 4.98 Å². The van der Waals surface area contributed by atoms with E-state index in [0.29, 0.717) is 22.2 Å². The summed E-state index contributed by atoms with van der Waals surface area (Å²) in [6.07, 6.45) is 3.61. The predicted octanol–water partition coefficient (Wildman–Crippen LogP) is 4.72. The van der Waals surface area contributed by atoms with Crippen LogP contribution in [-0.2, 0) is 0 Å². The van der Waals surface area contributed by atoms with Gasteiger partial charge in [0.1, 0.15) is 5.82 Å². The lowest BCUT2D eigenvalue weighted by molar-refractivity contribution is 0.0926. The maximum Gasteiger partial charge on any atom is 0.253 e. The molecule has 7 nitrogen and oxygen atoms in total. The van der Waals surface area contributed by atoms with Gasteiger partial charge in [-0.1, -0.05) is 31.2 Å². The zero-order chi connectivity index (χ0) is 22.0. The molecule has 1 aliphatic carbocycles. The first kappa shape index (κ1) is 23.6. The van der Waals surface area contributed by atoms with Crippen molar-refractivity contribution in [3.8, 4) is 0 Å². The van der Waals surface area contributed by atoms with Crippen LogP contribution in [0.15, 0.2) is 42.5 Å². The van der Waals surface area contributed by atoms with Gasteiger partial charge in [0.25, 0.3) is 5.91 Å². The van der Waals surface area contributed by atoms with Crippen molar-refractivity contribution >= 4 is 45.9 Å². The SMILES string of the molecule is C.CN(C)c1nc(NC2CCC(NC(=O)c3ccc(N)cc3Cl)CC2)nc2ccccc12. The van der Waals surface area contributed by atoms with Crippen LogP contribution in [0.4, 0.5) is 17.5 Å². The van der Waals surface area contributed by atoms with Crippen molar-refractivity contribution in [2.45, 2.75) is 45.2 Å². The average Bonchev–Trinajstić information content (AvgIpc) is 2.74. The largest absolute Gasteiger partial charge is 0.399 e. The molecule has 0 radical (unpaired) electrons. The zero-order valence-electron chi connectivity index (χ0n) is 17.7. The zero-order valence-corrected chi connectivity index (χ0v) is 18.5. The fourth-order valence-electron chi connectivity index (χ4n) is 4.01. The van der Waals surface area contributed by atoms with Crippen LogP contribution in [0, 0.1) is 0 Å². The Morgan fingerprint density at radius 1 is 1.06 bits per heavy atom. The van der Waals surface area contributed by atoms with Crippen molar-refractivity contribution in [2.75, 3.05) is 30.0 Å². The quantitative estimate of drug-likeness (QED) is 0.482. The highest BCUT2D eigenvalue weighted by Gasteiger charge is 2.24. The number of nitrogens with one attached hydrogen (secondary N) is 2. The molecule has 1 aliphatic rings. The van der Waals surface area contributed by atoms with Gasteiger partial charge in [-0.15, -0.1) is 0 Å². The molecule has 1 heterocycles. The van der Waals surface area contributed by atoms with Gasteiger partial charge in [0.15, 0.2) is 0 Å². The van der Waals surface area contributed by atoms with E-state index in [4.69, 9.17) is 27.3 Å². The number of aromatic nitrogens is 2. The van der Waals surface area contributed by atoms with E-state index >= 15 is 0 Å². The molecule has 3 aromatic rings. The first-order chi connectivity index (χ1) is 14.9. The fraction of sp³-hybridized carbons (Fsp3) is 0.375. The number of hydrogen-bond donors (Lipinski definition) is 3. The second-order valence-electron chi connectivity index (χ2n) is 8.19. The van der Waals surface area contributed by atoms with Gasteiger partial charge in [-0.3, -0.25) is 4.79 Å². The fourth-order valence-corrected chi connectivity index (χ4v) is 4.28. The van der Waals surface area contributed by atoms with E-state index in [-0.39, 0.29) is 25.4 Å². The Morgan fingerprint density at radius 3 is 2.44 bits per heavy atom. The van der Waals surface area contributed by atoms with Gasteiger partial charge in [-0.05, 0) is 56.0 Å². The van der Waals surface area contributed by atoms with Crippen molar-refractivity contribution in [3.63, 3.8) is 0 Å². The molecular formula is C24H31ClN6O. The molecule has 1 fully saturated rings. The van der Waals surface area contributed by atoms with Crippen LogP contribution in [0.2, 0.25) is 5.02 Å². The molecule has 0 atom stereocenters. The third-order valence-corrected chi connectivity index (χ3v) is 5.95. The summed E-state index contributed by atoms with van der Waals surface area (Å²) >= 11 is 6.16. The minimum absolute atomic E-state index is 0. The molecule has 1 aromatic heterocycles. The molecule has 0 unspecified atom stereocenters. The summed E-state index contributed by atoms with van der Waals surface area (Å²) in [5.41, 5.74) is 7.63. The lowest BCUT2D eigenvalue weighted by Crippen LogP contribution is -2.40. The van der Waals surface area contributed by atoms with Crippen molar-refractivity contribution in [3.05, 3.63) is 53.1 Å². The average molecular weight is 455 g/mol. The molecule has 0 saturated heterocycles. The summed E-state index contributed by atoms with van der Waals surface area (Å²) in [7, 11) is 3.97. The lowest BCUT2D eigenvalue weighted by Gasteiger charge is -2.30. The van der Waals surface area contributed by atoms with Gasteiger partial charge in [0.2, 0.25) is 5.95 Å². The molecule has 8 heteroatoms. The number of nitrogen functional groups attached to an aromatic ring is 1. The van der Waals surface area contributed by atoms with Crippen LogP contribution in [0.3, 0.4) is 0 Å². The van der Waals surface area contributed by atoms with Crippen molar-refractivity contribution < 1.29 is 4.79 Å². The number of nitrogens with zero attached hydrogens (tertiary/aromatic N) is 3. The van der Waals surface area contributed by atoms with Gasteiger partial charge in [0, 0.05) is 37.3 Å². The van der Waals surface area contributed by atoms with Gasteiger partial charge in [-0.25, -0.2) is 4.98 Å². The van der Waals surface area contributed by atoms with E-state index < -0.39 is 0 Å². The summed E-state index contributed by atoms with van der Waals surface area (Å²) in [4.78, 5) is 24.0. The number of fused-ring (bicyclic) bond motifs is 1. The molecule has 1 saturated carbocycles. The van der Waals surface area contributed by atoms with Crippen LogP contribution >= 0.6 is 11.6 Å². The van der Waals surface area contributed by atoms with Gasteiger partial charge >= 0.3 is 0 Å². The summed E-state index contributed by atoms with van der Waals surface area (Å²) < 4.78 is 0. The third-order valence-electron chi connectivity index (χ3n) is 5.64. The highest BCUT2D eigenvalue weighted by Crippen LogP contribution is 2.27. The van der Waals surface area contributed by atoms with Crippen LogP contribution in [0.1, 0.15) is 43.5 Å². The first-order valence-corrected chi connectivity index (χ1v) is 10.8. The summed E-state index contributed by atoms with van der Waals surface area (Å²) in [6.45, 7) is 0. The maximum atomic E-state index is 12.6. The number of para-hydroxylation sites is 1. The molecule has 0 bridgehead atoms. The molecule has 170 valence electrons. The molecule has 1 amide bonds. The second-order valence-corrected chi connectivity index (χ2v) is 8.60. The van der Waals surface area contributed by atoms with Crippen molar-refractivity contribution in [1.82, 2.24) is 15.3 Å². The molecule has 4 N–H and O–H groups in total. The summed E-state index contributed by atoms with van der Waals surface area (Å²) in [5, 5.41) is 8.00. The topological polar surface area (TPSA) is 96.2 Å². The van der Waals surface area contributed by atoms with E-state index in [1.807, 2.05) is 43.3 Å². The number of nitrogens with two attached hydrogens (primary N) is 1. The van der Waals surface area contributed by atoms with Crippen molar-refractivity contribution in [1.29, 1.82) is 0 Å². The molecule has 0 spiro atoms. The number of amides is 1. The Hall–Kier alpha value is -3.06. The number of benzene rings is 2. The number of carbonyl (C=O) groups excluding carboxylic acids is 1. The van der Waals surface area contributed by atoms with Gasteiger partial charge in [0.05, 0.1) is 16.1 Å². The van der Waals surface area contributed by atoms with E-state index in [2.05, 4.69) is 10.6 Å².